The second-order valence-electron chi connectivity index (χ2n) is 10.8. The standard InChI is InChI=1S/C33H26ClF2N5O3/c1-19(42)26-17-40(28-10-9-20(13-25(26)28)21-11-12-38-39-15-21)18-30(43)33(32(37)44)14-22(35)16-41(33)29-8-4-6-24(31(29)36)23-5-2-3-7-27(23)34/h2-13,15,17,22H,14,16,18H2,1H3,(H2,37,44). The predicted molar refractivity (Wildman–Crippen MR) is 164 cm³/mol. The summed E-state index contributed by atoms with van der Waals surface area (Å²) in [6.07, 6.45) is 2.49. The molecule has 0 bridgehead atoms. The van der Waals surface area contributed by atoms with Gasteiger partial charge in [-0.3, -0.25) is 14.4 Å². The zero-order valence-electron chi connectivity index (χ0n) is 23.5. The van der Waals surface area contributed by atoms with Crippen LogP contribution in [0.1, 0.15) is 23.7 Å². The Balaban J connectivity index is 1.43. The molecule has 1 saturated heterocycles. The minimum absolute atomic E-state index is 0.129. The minimum atomic E-state index is -2.19. The number of halogens is 3. The number of ketones is 2. The molecule has 11 heteroatoms. The molecular weight excluding hydrogens is 588 g/mol. The van der Waals surface area contributed by atoms with Crippen molar-refractivity contribution in [3.05, 3.63) is 102 Å². The maximum Gasteiger partial charge on any atom is 0.251 e. The van der Waals surface area contributed by atoms with Gasteiger partial charge in [0.25, 0.3) is 5.91 Å². The molecule has 2 atom stereocenters. The summed E-state index contributed by atoms with van der Waals surface area (Å²) in [5.74, 6) is -2.83. The van der Waals surface area contributed by atoms with Crippen molar-refractivity contribution in [3.63, 3.8) is 0 Å². The fourth-order valence-electron chi connectivity index (χ4n) is 6.04. The zero-order valence-corrected chi connectivity index (χ0v) is 24.3. The van der Waals surface area contributed by atoms with Crippen molar-refractivity contribution in [2.24, 2.45) is 5.73 Å². The Labute approximate surface area is 256 Å². The van der Waals surface area contributed by atoms with Crippen LogP contribution in [0.2, 0.25) is 5.02 Å². The molecule has 5 aromatic rings. The monoisotopic (exact) mass is 613 g/mol. The topological polar surface area (TPSA) is 111 Å². The smallest absolute Gasteiger partial charge is 0.251 e. The molecule has 6 rings (SSSR count). The average Bonchev–Trinajstić information content (AvgIpc) is 3.56. The number of carbonyl (C=O) groups excluding carboxylic acids is 3. The van der Waals surface area contributed by atoms with Crippen LogP contribution in [0.25, 0.3) is 33.2 Å². The molecule has 44 heavy (non-hydrogen) atoms. The number of hydrogen-bond donors (Lipinski definition) is 1. The number of hydrogen-bond acceptors (Lipinski definition) is 6. The van der Waals surface area contributed by atoms with Gasteiger partial charge in [0.1, 0.15) is 6.17 Å². The molecule has 0 radical (unpaired) electrons. The van der Waals surface area contributed by atoms with Gasteiger partial charge in [-0.25, -0.2) is 8.78 Å². The fraction of sp³-hybridized carbons (Fsp3) is 0.182. The Morgan fingerprint density at radius 2 is 1.80 bits per heavy atom. The van der Waals surface area contributed by atoms with Crippen molar-refractivity contribution < 1.29 is 23.2 Å². The number of amides is 1. The Bertz CT molecular complexity index is 1950. The highest BCUT2D eigenvalue weighted by Crippen LogP contribution is 2.41. The molecule has 1 aliphatic rings. The average molecular weight is 614 g/mol. The first kappa shape index (κ1) is 29.1. The van der Waals surface area contributed by atoms with Crippen molar-refractivity contribution in [3.8, 4) is 22.3 Å². The number of nitrogens with zero attached hydrogens (tertiary/aromatic N) is 4. The first-order valence-corrected chi connectivity index (χ1v) is 14.2. The Hall–Kier alpha value is -4.96. The number of carbonyl (C=O) groups is 3. The van der Waals surface area contributed by atoms with Crippen molar-refractivity contribution in [1.82, 2.24) is 14.8 Å². The number of alkyl halides is 1. The molecule has 222 valence electrons. The van der Waals surface area contributed by atoms with E-state index in [1.807, 2.05) is 12.1 Å². The molecule has 2 aromatic heterocycles. The van der Waals surface area contributed by atoms with Crippen molar-refractivity contribution in [2.45, 2.75) is 31.6 Å². The van der Waals surface area contributed by atoms with Gasteiger partial charge in [-0.15, -0.1) is 0 Å². The van der Waals surface area contributed by atoms with Crippen LogP contribution in [0.15, 0.2) is 85.3 Å². The maximum atomic E-state index is 16.2. The van der Waals surface area contributed by atoms with E-state index in [4.69, 9.17) is 17.3 Å². The number of aromatic nitrogens is 3. The molecule has 1 amide bonds. The second kappa shape index (κ2) is 11.3. The van der Waals surface area contributed by atoms with E-state index in [9.17, 15) is 14.4 Å². The summed E-state index contributed by atoms with van der Waals surface area (Å²) in [5, 5.41) is 8.58. The van der Waals surface area contributed by atoms with Gasteiger partial charge < -0.3 is 15.2 Å². The third kappa shape index (κ3) is 4.81. The highest BCUT2D eigenvalue weighted by molar-refractivity contribution is 6.33. The van der Waals surface area contributed by atoms with Crippen molar-refractivity contribution >= 4 is 45.7 Å². The van der Waals surface area contributed by atoms with E-state index in [-0.39, 0.29) is 17.0 Å². The van der Waals surface area contributed by atoms with E-state index in [0.717, 1.165) is 16.0 Å². The van der Waals surface area contributed by atoms with E-state index in [2.05, 4.69) is 10.2 Å². The lowest BCUT2D eigenvalue weighted by Gasteiger charge is -2.36. The molecule has 0 aliphatic carbocycles. The van der Waals surface area contributed by atoms with E-state index in [0.29, 0.717) is 27.1 Å². The Morgan fingerprint density at radius 3 is 2.50 bits per heavy atom. The van der Waals surface area contributed by atoms with Crippen molar-refractivity contribution in [1.29, 1.82) is 0 Å². The number of anilines is 1. The molecule has 2 N–H and O–H groups in total. The van der Waals surface area contributed by atoms with Crippen LogP contribution in [-0.2, 0) is 16.1 Å². The lowest BCUT2D eigenvalue weighted by atomic mass is 9.88. The summed E-state index contributed by atoms with van der Waals surface area (Å²) in [6, 6.07) is 18.2. The largest absolute Gasteiger partial charge is 0.367 e. The van der Waals surface area contributed by atoms with Gasteiger partial charge in [0.05, 0.1) is 31.2 Å². The summed E-state index contributed by atoms with van der Waals surface area (Å²) in [4.78, 5) is 41.1. The summed E-state index contributed by atoms with van der Waals surface area (Å²) >= 11 is 6.33. The molecule has 3 heterocycles. The third-order valence-electron chi connectivity index (χ3n) is 8.15. The Morgan fingerprint density at radius 1 is 1.02 bits per heavy atom. The molecular formula is C33H26ClF2N5O3. The maximum absolute atomic E-state index is 16.2. The van der Waals surface area contributed by atoms with Crippen LogP contribution in [-0.4, -0.2) is 50.5 Å². The molecule has 2 unspecified atom stereocenters. The number of nitrogens with two attached hydrogens (primary N) is 1. The van der Waals surface area contributed by atoms with E-state index in [1.165, 1.54) is 29.8 Å². The van der Waals surface area contributed by atoms with Gasteiger partial charge in [-0.2, -0.15) is 10.2 Å². The molecule has 0 spiro atoms. The molecule has 1 fully saturated rings. The van der Waals surface area contributed by atoms with Crippen LogP contribution >= 0.6 is 11.6 Å². The van der Waals surface area contributed by atoms with Gasteiger partial charge in [-0.1, -0.05) is 48.0 Å². The van der Waals surface area contributed by atoms with Gasteiger partial charge in [0.2, 0.25) is 0 Å². The number of rotatable bonds is 8. The van der Waals surface area contributed by atoms with Crippen LogP contribution < -0.4 is 10.6 Å². The van der Waals surface area contributed by atoms with Gasteiger partial charge in [0, 0.05) is 50.8 Å². The lowest BCUT2D eigenvalue weighted by molar-refractivity contribution is -0.134. The van der Waals surface area contributed by atoms with Crippen molar-refractivity contribution in [2.75, 3.05) is 11.4 Å². The van der Waals surface area contributed by atoms with Crippen LogP contribution in [0.4, 0.5) is 14.5 Å². The minimum Gasteiger partial charge on any atom is -0.367 e. The molecule has 3 aromatic carbocycles. The quantitative estimate of drug-likeness (QED) is 0.175. The lowest BCUT2D eigenvalue weighted by Crippen LogP contribution is -2.60. The zero-order chi connectivity index (χ0) is 31.2. The van der Waals surface area contributed by atoms with Gasteiger partial charge >= 0.3 is 0 Å². The number of primary amides is 1. The molecule has 1 aliphatic heterocycles. The second-order valence-corrected chi connectivity index (χ2v) is 11.2. The number of fused-ring (bicyclic) bond motifs is 1. The fourth-order valence-corrected chi connectivity index (χ4v) is 6.28. The van der Waals surface area contributed by atoms with Crippen LogP contribution in [0, 0.1) is 5.82 Å². The Kier molecular flexibility index (Phi) is 7.46. The number of Topliss-reactive ketones (excluding diaryl/α,β-unsaturated/α-hetero) is 2. The highest BCUT2D eigenvalue weighted by Gasteiger charge is 2.56. The first-order chi connectivity index (χ1) is 21.1. The summed E-state index contributed by atoms with van der Waals surface area (Å²) in [6.45, 7) is 0.567. The van der Waals surface area contributed by atoms with E-state index in [1.54, 1.807) is 54.9 Å². The van der Waals surface area contributed by atoms with Crippen LogP contribution in [0.5, 0.6) is 0 Å². The predicted octanol–water partition coefficient (Wildman–Crippen LogP) is 5.80. The summed E-state index contributed by atoms with van der Waals surface area (Å²) in [7, 11) is 0. The normalized spacial score (nSPS) is 18.1. The van der Waals surface area contributed by atoms with Gasteiger partial charge in [-0.05, 0) is 42.8 Å². The van der Waals surface area contributed by atoms with E-state index < -0.39 is 48.7 Å². The summed E-state index contributed by atoms with van der Waals surface area (Å²) < 4.78 is 32.9. The SMILES string of the molecule is CC(=O)c1cn(CC(=O)C2(C(N)=O)CC(F)CN2c2cccc(-c3ccccc3Cl)c2F)c2ccc(-c3ccnnc3)cc12. The third-order valence-corrected chi connectivity index (χ3v) is 8.48. The van der Waals surface area contributed by atoms with Crippen LogP contribution in [0.3, 0.4) is 0 Å². The summed E-state index contributed by atoms with van der Waals surface area (Å²) in [5.41, 5.74) is 6.53. The number of benzene rings is 3. The van der Waals surface area contributed by atoms with Gasteiger partial charge in [0.15, 0.2) is 22.9 Å². The molecule has 0 saturated carbocycles. The molecule has 8 nitrogen and oxygen atoms in total. The first-order valence-electron chi connectivity index (χ1n) is 13.8. The highest BCUT2D eigenvalue weighted by atomic mass is 35.5. The van der Waals surface area contributed by atoms with E-state index >= 15 is 8.78 Å².